The van der Waals surface area contributed by atoms with Crippen molar-refractivity contribution in [3.05, 3.63) is 145 Å². The van der Waals surface area contributed by atoms with Gasteiger partial charge in [0.2, 0.25) is 23.1 Å². The molecule has 432 valence electrons. The lowest BCUT2D eigenvalue weighted by Crippen LogP contribution is -2.24. The fourth-order valence-electron chi connectivity index (χ4n) is 8.43. The Balaban J connectivity index is 1.71. The minimum absolute atomic E-state index is 0.0165. The summed E-state index contributed by atoms with van der Waals surface area (Å²) in [7, 11) is 7.54. The topological polar surface area (TPSA) is 107 Å². The van der Waals surface area contributed by atoms with Crippen LogP contribution in [0.15, 0.2) is 128 Å². The van der Waals surface area contributed by atoms with Gasteiger partial charge < -0.3 is 28.4 Å². The number of methoxy groups -OCH3 is 5. The zero-order valence-corrected chi connectivity index (χ0v) is 52.0. The van der Waals surface area contributed by atoms with E-state index in [1.54, 1.807) is 40.4 Å². The van der Waals surface area contributed by atoms with Gasteiger partial charge in [-0.05, 0) is 198 Å². The maximum atomic E-state index is 13.3. The number of hydrogen-bond acceptors (Lipinski definition) is 9. The summed E-state index contributed by atoms with van der Waals surface area (Å²) in [6.45, 7) is 27.0. The van der Waals surface area contributed by atoms with Crippen LogP contribution in [0, 0.1) is 23.7 Å². The van der Waals surface area contributed by atoms with Crippen molar-refractivity contribution in [1.82, 2.24) is 0 Å². The Morgan fingerprint density at radius 2 is 0.785 bits per heavy atom. The summed E-state index contributed by atoms with van der Waals surface area (Å²) in [5.41, 5.74) is 11.9. The second kappa shape index (κ2) is 36.2. The van der Waals surface area contributed by atoms with Gasteiger partial charge in [0.1, 0.15) is 17.0 Å². The van der Waals surface area contributed by atoms with E-state index in [0.29, 0.717) is 46.4 Å². The first-order valence-corrected chi connectivity index (χ1v) is 28.3. The van der Waals surface area contributed by atoms with Gasteiger partial charge in [-0.3, -0.25) is 9.59 Å². The van der Waals surface area contributed by atoms with Gasteiger partial charge in [-0.15, -0.1) is 0 Å². The van der Waals surface area contributed by atoms with Crippen molar-refractivity contribution in [1.29, 1.82) is 0 Å². The van der Waals surface area contributed by atoms with Gasteiger partial charge in [0.25, 0.3) is 0 Å². The Morgan fingerprint density at radius 1 is 0.468 bits per heavy atom. The van der Waals surface area contributed by atoms with Crippen molar-refractivity contribution < 1.29 is 42.8 Å². The largest absolute Gasteiger partial charge is 0.494 e. The minimum Gasteiger partial charge on any atom is -0.494 e. The highest BCUT2D eigenvalue weighted by Crippen LogP contribution is 2.30. The van der Waals surface area contributed by atoms with Gasteiger partial charge >= 0.3 is 5.97 Å². The van der Waals surface area contributed by atoms with E-state index in [2.05, 4.69) is 122 Å². The lowest BCUT2D eigenvalue weighted by Gasteiger charge is -2.19. The lowest BCUT2D eigenvalue weighted by molar-refractivity contribution is -0.121. The number of ether oxygens (including phenoxy) is 6. The third-order valence-electron chi connectivity index (χ3n) is 14.2. The highest BCUT2D eigenvalue weighted by atomic mass is 16.5. The zero-order valence-electron chi connectivity index (χ0n) is 52.0. The molecule has 1 aromatic carbocycles. The first-order valence-electron chi connectivity index (χ1n) is 28.3. The molecule has 1 aliphatic rings. The average Bonchev–Trinajstić information content (AvgIpc) is 3.42. The maximum Gasteiger partial charge on any atom is 0.338 e. The summed E-state index contributed by atoms with van der Waals surface area (Å²) in [5, 5.41) is 0. The molecule has 2 rings (SSSR count). The van der Waals surface area contributed by atoms with Crippen LogP contribution in [0.5, 0.6) is 5.75 Å². The molecule has 0 heterocycles. The molecule has 79 heavy (non-hydrogen) atoms. The van der Waals surface area contributed by atoms with Crippen LogP contribution in [0.2, 0.25) is 0 Å². The zero-order chi connectivity index (χ0) is 59.1. The van der Waals surface area contributed by atoms with Crippen molar-refractivity contribution in [2.75, 3.05) is 42.2 Å². The van der Waals surface area contributed by atoms with Crippen LogP contribution in [0.4, 0.5) is 0 Å². The van der Waals surface area contributed by atoms with Crippen LogP contribution in [0.25, 0.3) is 0 Å². The van der Waals surface area contributed by atoms with E-state index in [1.807, 2.05) is 33.8 Å². The van der Waals surface area contributed by atoms with Crippen molar-refractivity contribution >= 4 is 17.5 Å². The summed E-state index contributed by atoms with van der Waals surface area (Å²) in [6.07, 6.45) is 34.2. The van der Waals surface area contributed by atoms with Crippen LogP contribution in [-0.2, 0) is 33.3 Å². The molecule has 0 saturated carbocycles. The van der Waals surface area contributed by atoms with Crippen molar-refractivity contribution in [2.45, 2.75) is 204 Å². The Bertz CT molecular complexity index is 2640. The number of Topliss-reactive ketones (excluding diaryl/α,β-unsaturated/α-hetero) is 2. The van der Waals surface area contributed by atoms with E-state index in [9.17, 15) is 14.4 Å². The summed E-state index contributed by atoms with van der Waals surface area (Å²) < 4.78 is 32.8. The first-order chi connectivity index (χ1) is 37.4. The molecular weight excluding hydrogens is 985 g/mol. The van der Waals surface area contributed by atoms with E-state index < -0.39 is 17.2 Å². The molecule has 0 N–H and O–H groups in total. The highest BCUT2D eigenvalue weighted by molar-refractivity contribution is 6.23. The number of benzene rings is 1. The second-order valence-electron chi connectivity index (χ2n) is 22.1. The second-order valence-corrected chi connectivity index (χ2v) is 22.1. The average molecular weight is 1080 g/mol. The Labute approximate surface area is 478 Å². The molecule has 0 unspecified atom stereocenters. The van der Waals surface area contributed by atoms with E-state index in [4.69, 9.17) is 28.4 Å². The smallest absolute Gasteiger partial charge is 0.338 e. The van der Waals surface area contributed by atoms with Gasteiger partial charge in [0.15, 0.2) is 0 Å². The molecule has 1 aliphatic carbocycles. The van der Waals surface area contributed by atoms with E-state index in [-0.39, 0.29) is 29.7 Å². The fourth-order valence-corrected chi connectivity index (χ4v) is 8.43. The Kier molecular flexibility index (Phi) is 31.6. The van der Waals surface area contributed by atoms with Crippen molar-refractivity contribution in [3.63, 3.8) is 0 Å². The molecule has 0 atom stereocenters. The van der Waals surface area contributed by atoms with Crippen LogP contribution in [0.1, 0.15) is 214 Å². The first kappa shape index (κ1) is 69.0. The molecule has 0 radical (unpaired) electrons. The number of carbonyl (C=O) groups excluding carboxylic acids is 3. The molecule has 0 fully saturated rings. The van der Waals surface area contributed by atoms with E-state index in [1.165, 1.54) is 58.8 Å². The molecular formula is C70H98O9. The predicted molar refractivity (Wildman–Crippen MR) is 327 cm³/mol. The molecule has 9 heteroatoms. The summed E-state index contributed by atoms with van der Waals surface area (Å²) >= 11 is 0. The van der Waals surface area contributed by atoms with Crippen molar-refractivity contribution in [2.24, 2.45) is 0 Å². The standard InChI is InChI=1S/C70H98O9/c1-50(28-20-30-52(3)32-22-34-54(5)36-24-38-56(7)40-41-62-58(9)63(71)66(75-15)67(76-16)64(62)72)26-19-27-51(2)29-21-31-53(4)33-23-35-55(6)37-25-39-57(8)44-47-79-68(73)61-48-59(42-45-69(10,11)77-17)65(74-14)60(49-61)43-46-70(12,13)78-18/h27-28,31-32,35-36,39-40,48-49H,19-26,29-30,33-34,37-38,41,44,47H2,1-18H3/b50-28+,51-27+,52-32+,53-31+,54-36+,55-35+,56-40+,57-39+. The SMILES string of the molecule is COC1=C(OC)C(=O)C(C/C=C(\C)CC/C=C(\C)CC/C=C(\C)CC/C=C(\C)CC/C=C(\C)CC/C=C(\C)CC/C=C(\C)CC/C=C(\C)CCOC(=O)c2cc(C#CC(C)(C)OC)c(OC)c(C#CC(C)(C)OC)c2)=C(C)C1=O. The van der Waals surface area contributed by atoms with Crippen molar-refractivity contribution in [3.8, 4) is 29.4 Å². The van der Waals surface area contributed by atoms with Gasteiger partial charge in [-0.25, -0.2) is 4.79 Å². The number of carbonyl (C=O) groups is 3. The normalized spacial score (nSPS) is 14.8. The molecule has 1 aromatic rings. The summed E-state index contributed by atoms with van der Waals surface area (Å²) in [6, 6.07) is 3.38. The van der Waals surface area contributed by atoms with Gasteiger partial charge in [0.05, 0.1) is 44.6 Å². The Hall–Kier alpha value is -6.13. The van der Waals surface area contributed by atoms with Crippen LogP contribution < -0.4 is 4.74 Å². The third-order valence-corrected chi connectivity index (χ3v) is 14.2. The highest BCUT2D eigenvalue weighted by Gasteiger charge is 2.34. The van der Waals surface area contributed by atoms with Gasteiger partial charge in [-0.2, -0.15) is 0 Å². The molecule has 0 aromatic heterocycles. The lowest BCUT2D eigenvalue weighted by atomic mass is 9.90. The van der Waals surface area contributed by atoms with Gasteiger partial charge in [0, 0.05) is 31.8 Å². The molecule has 9 nitrogen and oxygen atoms in total. The van der Waals surface area contributed by atoms with Gasteiger partial charge in [-0.1, -0.05) is 117 Å². The maximum absolute atomic E-state index is 13.3. The number of rotatable bonds is 32. The third kappa shape index (κ3) is 26.6. The summed E-state index contributed by atoms with van der Waals surface area (Å²) in [5.74, 6) is 11.9. The minimum atomic E-state index is -0.694. The van der Waals surface area contributed by atoms with E-state index >= 15 is 0 Å². The Morgan fingerprint density at radius 3 is 1.10 bits per heavy atom. The number of ketones is 2. The van der Waals surface area contributed by atoms with Crippen LogP contribution in [0.3, 0.4) is 0 Å². The molecule has 0 amide bonds. The molecule has 0 aliphatic heterocycles. The monoisotopic (exact) mass is 1080 g/mol. The summed E-state index contributed by atoms with van der Waals surface area (Å²) in [4.78, 5) is 38.9. The molecule has 0 bridgehead atoms. The fraction of sp³-hybridized carbons (Fsp3) is 0.529. The number of hydrogen-bond donors (Lipinski definition) is 0. The predicted octanol–water partition coefficient (Wildman–Crippen LogP) is 17.2. The number of allylic oxidation sites excluding steroid dienone is 17. The quantitative estimate of drug-likeness (QED) is 0.0302. The van der Waals surface area contributed by atoms with Crippen LogP contribution >= 0.6 is 0 Å². The van der Waals surface area contributed by atoms with E-state index in [0.717, 1.165) is 89.9 Å². The molecule has 0 saturated heterocycles. The number of esters is 1. The van der Waals surface area contributed by atoms with Crippen LogP contribution in [-0.4, -0.2) is 70.9 Å². The molecule has 0 spiro atoms.